The molecule has 0 aliphatic rings. The number of rotatable bonds is 3. The van der Waals surface area contributed by atoms with Crippen molar-refractivity contribution in [3.63, 3.8) is 0 Å². The Morgan fingerprint density at radius 2 is 1.04 bits per heavy atom. The molecular formula is C27H18O. The van der Waals surface area contributed by atoms with Gasteiger partial charge in [-0.05, 0) is 43.8 Å². The van der Waals surface area contributed by atoms with Gasteiger partial charge in [-0.3, -0.25) is 4.79 Å². The highest BCUT2D eigenvalue weighted by Gasteiger charge is 2.11. The van der Waals surface area contributed by atoms with Crippen molar-refractivity contribution in [2.75, 3.05) is 0 Å². The summed E-state index contributed by atoms with van der Waals surface area (Å²) in [6, 6.07) is 35.7. The number of benzene rings is 5. The average Bonchev–Trinajstić information content (AvgIpc) is 2.78. The van der Waals surface area contributed by atoms with Crippen LogP contribution in [-0.4, -0.2) is 6.29 Å². The Labute approximate surface area is 163 Å². The Balaban J connectivity index is 1.77. The summed E-state index contributed by atoms with van der Waals surface area (Å²) in [6.07, 6.45) is 0.880. The Bertz CT molecular complexity index is 1310. The normalized spacial score (nSPS) is 11.0. The average molecular weight is 358 g/mol. The third-order valence-corrected chi connectivity index (χ3v) is 5.36. The molecule has 0 amide bonds. The Morgan fingerprint density at radius 3 is 1.79 bits per heavy atom. The van der Waals surface area contributed by atoms with E-state index in [0.29, 0.717) is 5.56 Å². The number of hydrogen-bond donors (Lipinski definition) is 0. The zero-order valence-electron chi connectivity index (χ0n) is 15.3. The summed E-state index contributed by atoms with van der Waals surface area (Å²) in [5.74, 6) is 0. The topological polar surface area (TPSA) is 17.1 Å². The van der Waals surface area contributed by atoms with Gasteiger partial charge in [-0.1, -0.05) is 103 Å². The lowest BCUT2D eigenvalue weighted by Gasteiger charge is -2.14. The van der Waals surface area contributed by atoms with E-state index >= 15 is 0 Å². The van der Waals surface area contributed by atoms with Gasteiger partial charge in [0, 0.05) is 5.56 Å². The fourth-order valence-corrected chi connectivity index (χ4v) is 3.99. The molecule has 0 aliphatic heterocycles. The van der Waals surface area contributed by atoms with Crippen molar-refractivity contribution in [3.8, 4) is 22.3 Å². The summed E-state index contributed by atoms with van der Waals surface area (Å²) in [5.41, 5.74) is 5.47. The zero-order chi connectivity index (χ0) is 18.9. The van der Waals surface area contributed by atoms with E-state index in [2.05, 4.69) is 78.9 Å². The predicted octanol–water partition coefficient (Wildman–Crippen LogP) is 7.14. The minimum absolute atomic E-state index is 0.695. The van der Waals surface area contributed by atoms with E-state index in [1.165, 1.54) is 38.2 Å². The molecule has 5 aromatic carbocycles. The molecule has 0 radical (unpaired) electrons. The van der Waals surface area contributed by atoms with Gasteiger partial charge in [0.1, 0.15) is 6.29 Å². The molecule has 0 bridgehead atoms. The van der Waals surface area contributed by atoms with Gasteiger partial charge < -0.3 is 0 Å². The molecular weight excluding hydrogens is 340 g/mol. The molecule has 0 saturated carbocycles. The second kappa shape index (κ2) is 6.79. The highest BCUT2D eigenvalue weighted by Crippen LogP contribution is 2.38. The molecule has 0 aliphatic carbocycles. The summed E-state index contributed by atoms with van der Waals surface area (Å²) >= 11 is 0. The molecule has 0 saturated heterocycles. The van der Waals surface area contributed by atoms with Crippen LogP contribution in [-0.2, 0) is 0 Å². The van der Waals surface area contributed by atoms with Gasteiger partial charge in [-0.25, -0.2) is 0 Å². The first-order chi connectivity index (χ1) is 13.8. The van der Waals surface area contributed by atoms with E-state index in [0.717, 1.165) is 11.8 Å². The second-order valence-electron chi connectivity index (χ2n) is 6.97. The predicted molar refractivity (Wildman–Crippen MR) is 118 cm³/mol. The van der Waals surface area contributed by atoms with Gasteiger partial charge in [0.15, 0.2) is 0 Å². The van der Waals surface area contributed by atoms with Crippen molar-refractivity contribution in [2.24, 2.45) is 0 Å². The minimum atomic E-state index is 0.695. The summed E-state index contributed by atoms with van der Waals surface area (Å²) in [4.78, 5) is 11.0. The van der Waals surface area contributed by atoms with Gasteiger partial charge in [0.05, 0.1) is 0 Å². The number of hydrogen-bond acceptors (Lipinski definition) is 1. The fraction of sp³-hybridized carbons (Fsp3) is 0. The van der Waals surface area contributed by atoms with E-state index in [4.69, 9.17) is 0 Å². The minimum Gasteiger partial charge on any atom is -0.298 e. The quantitative estimate of drug-likeness (QED) is 0.313. The van der Waals surface area contributed by atoms with Crippen LogP contribution in [0.1, 0.15) is 10.4 Å². The van der Waals surface area contributed by atoms with Gasteiger partial charge in [-0.15, -0.1) is 0 Å². The van der Waals surface area contributed by atoms with Crippen LogP contribution < -0.4 is 0 Å². The smallest absolute Gasteiger partial charge is 0.150 e. The maximum absolute atomic E-state index is 11.0. The highest BCUT2D eigenvalue weighted by atomic mass is 16.1. The van der Waals surface area contributed by atoms with Crippen molar-refractivity contribution >= 4 is 27.8 Å². The van der Waals surface area contributed by atoms with E-state index < -0.39 is 0 Å². The number of aldehydes is 1. The van der Waals surface area contributed by atoms with Crippen LogP contribution >= 0.6 is 0 Å². The van der Waals surface area contributed by atoms with Gasteiger partial charge in [-0.2, -0.15) is 0 Å². The molecule has 0 atom stereocenters. The molecule has 1 nitrogen and oxygen atoms in total. The highest BCUT2D eigenvalue weighted by molar-refractivity contribution is 6.09. The maximum Gasteiger partial charge on any atom is 0.150 e. The molecule has 0 unspecified atom stereocenters. The van der Waals surface area contributed by atoms with Crippen LogP contribution in [0.5, 0.6) is 0 Å². The number of fused-ring (bicyclic) bond motifs is 2. The van der Waals surface area contributed by atoms with Crippen LogP contribution in [0, 0.1) is 0 Å². The van der Waals surface area contributed by atoms with E-state index in [1.807, 2.05) is 24.3 Å². The van der Waals surface area contributed by atoms with E-state index in [-0.39, 0.29) is 0 Å². The van der Waals surface area contributed by atoms with Crippen LogP contribution in [0.3, 0.4) is 0 Å². The van der Waals surface area contributed by atoms with Crippen molar-refractivity contribution in [1.29, 1.82) is 0 Å². The summed E-state index contributed by atoms with van der Waals surface area (Å²) in [5, 5.41) is 4.96. The third kappa shape index (κ3) is 2.69. The molecule has 28 heavy (non-hydrogen) atoms. The van der Waals surface area contributed by atoms with Crippen molar-refractivity contribution < 1.29 is 4.79 Å². The Morgan fingerprint density at radius 1 is 0.464 bits per heavy atom. The van der Waals surface area contributed by atoms with Crippen LogP contribution in [0.4, 0.5) is 0 Å². The van der Waals surface area contributed by atoms with Gasteiger partial charge >= 0.3 is 0 Å². The van der Waals surface area contributed by atoms with Crippen LogP contribution in [0.25, 0.3) is 43.8 Å². The lowest BCUT2D eigenvalue weighted by atomic mass is 9.90. The molecule has 5 rings (SSSR count). The van der Waals surface area contributed by atoms with E-state index in [9.17, 15) is 4.79 Å². The van der Waals surface area contributed by atoms with E-state index in [1.54, 1.807) is 0 Å². The number of carbonyl (C=O) groups excluding carboxylic acids is 1. The summed E-state index contributed by atoms with van der Waals surface area (Å²) < 4.78 is 0. The molecule has 0 heterocycles. The third-order valence-electron chi connectivity index (χ3n) is 5.36. The lowest BCUT2D eigenvalue weighted by molar-refractivity contribution is 0.112. The monoisotopic (exact) mass is 358 g/mol. The first kappa shape index (κ1) is 16.5. The molecule has 0 fully saturated rings. The largest absolute Gasteiger partial charge is 0.298 e. The summed E-state index contributed by atoms with van der Waals surface area (Å²) in [7, 11) is 0. The molecule has 1 heteroatoms. The van der Waals surface area contributed by atoms with Crippen molar-refractivity contribution in [1.82, 2.24) is 0 Å². The summed E-state index contributed by atoms with van der Waals surface area (Å²) in [6.45, 7) is 0. The van der Waals surface area contributed by atoms with Crippen molar-refractivity contribution in [2.45, 2.75) is 0 Å². The first-order valence-corrected chi connectivity index (χ1v) is 9.41. The number of carbonyl (C=O) groups is 1. The van der Waals surface area contributed by atoms with Gasteiger partial charge in [0.2, 0.25) is 0 Å². The second-order valence-corrected chi connectivity index (χ2v) is 6.97. The maximum atomic E-state index is 11.0. The van der Waals surface area contributed by atoms with Crippen LogP contribution in [0.15, 0.2) is 103 Å². The zero-order valence-corrected chi connectivity index (χ0v) is 15.3. The lowest BCUT2D eigenvalue weighted by Crippen LogP contribution is -1.88. The first-order valence-electron chi connectivity index (χ1n) is 9.41. The molecule has 132 valence electrons. The molecule has 0 spiro atoms. The Kier molecular flexibility index (Phi) is 3.99. The molecule has 0 aromatic heterocycles. The fourth-order valence-electron chi connectivity index (χ4n) is 3.99. The molecule has 0 N–H and O–H groups in total. The molecule has 5 aromatic rings. The standard InChI is InChI=1S/C27H18O/c28-18-19-12-14-21(15-13-19)23-16-17-27(26-10-4-3-9-24(23)26)25-11-5-7-20-6-1-2-8-22(20)25/h1-18H. The van der Waals surface area contributed by atoms with Gasteiger partial charge in [0.25, 0.3) is 0 Å². The Hall–Kier alpha value is -3.71. The van der Waals surface area contributed by atoms with Crippen LogP contribution in [0.2, 0.25) is 0 Å². The van der Waals surface area contributed by atoms with Crippen molar-refractivity contribution in [3.05, 3.63) is 109 Å². The SMILES string of the molecule is O=Cc1ccc(-c2ccc(-c3cccc4ccccc34)c3ccccc23)cc1.